The number of imide groups is 1. The minimum atomic E-state index is -1.15. The molecule has 0 saturated carbocycles. The first-order chi connectivity index (χ1) is 10.5. The molecule has 0 spiro atoms. The van der Waals surface area contributed by atoms with Gasteiger partial charge in [0.2, 0.25) is 11.8 Å². The molecule has 8 nitrogen and oxygen atoms in total. The van der Waals surface area contributed by atoms with Crippen LogP contribution in [-0.4, -0.2) is 63.5 Å². The van der Waals surface area contributed by atoms with Gasteiger partial charge in [0.1, 0.15) is 0 Å². The van der Waals surface area contributed by atoms with Crippen LogP contribution in [0.3, 0.4) is 0 Å². The van der Waals surface area contributed by atoms with E-state index in [2.05, 4.69) is 4.74 Å². The van der Waals surface area contributed by atoms with Crippen LogP contribution in [0.1, 0.15) is 34.1 Å². The third kappa shape index (κ3) is 7.98. The molecule has 0 radical (unpaired) electrons. The fraction of sp³-hybridized carbons (Fsp3) is 0.714. The highest BCUT2D eigenvalue weighted by Gasteiger charge is 2.44. The van der Waals surface area contributed by atoms with Crippen molar-refractivity contribution >= 4 is 36.0 Å². The van der Waals surface area contributed by atoms with Crippen molar-refractivity contribution in [3.63, 3.8) is 0 Å². The molecule has 1 saturated heterocycles. The van der Waals surface area contributed by atoms with Gasteiger partial charge in [-0.15, -0.1) is 11.8 Å². The summed E-state index contributed by atoms with van der Waals surface area (Å²) in [4.78, 5) is 43.8. The van der Waals surface area contributed by atoms with E-state index < -0.39 is 18.1 Å². The molecule has 2 unspecified atom stereocenters. The lowest BCUT2D eigenvalue weighted by Gasteiger charge is -2.30. The van der Waals surface area contributed by atoms with Crippen molar-refractivity contribution in [1.29, 1.82) is 0 Å². The maximum atomic E-state index is 12.0. The zero-order valence-electron chi connectivity index (χ0n) is 13.8. The molecule has 0 aromatic carbocycles. The highest BCUT2D eigenvalue weighted by atomic mass is 32.2. The fourth-order valence-electron chi connectivity index (χ4n) is 1.81. The normalized spacial score (nSPS) is 19.0. The van der Waals surface area contributed by atoms with E-state index in [1.807, 2.05) is 27.7 Å². The Morgan fingerprint density at radius 3 is 2.39 bits per heavy atom. The number of carbonyl (C=O) groups is 4. The van der Waals surface area contributed by atoms with Crippen LogP contribution in [0.4, 0.5) is 0 Å². The Kier molecular flexibility index (Phi) is 8.85. The van der Waals surface area contributed by atoms with E-state index in [9.17, 15) is 19.2 Å². The summed E-state index contributed by atoms with van der Waals surface area (Å²) in [6, 6.07) is 0.0524. The summed E-state index contributed by atoms with van der Waals surface area (Å²) in [7, 11) is 0. The predicted molar refractivity (Wildman–Crippen MR) is 85.8 cm³/mol. The maximum absolute atomic E-state index is 12.0. The van der Waals surface area contributed by atoms with Crippen LogP contribution in [-0.2, 0) is 23.9 Å². The fourth-order valence-corrected chi connectivity index (χ4v) is 2.86. The number of aliphatic carboxylic acids is 1. The number of carboxylic acid groups (broad SMARTS) is 1. The Morgan fingerprint density at radius 2 is 2.09 bits per heavy atom. The molecule has 1 fully saturated rings. The topological polar surface area (TPSA) is 127 Å². The van der Waals surface area contributed by atoms with Gasteiger partial charge in [-0.2, -0.15) is 0 Å². The second-order valence-corrected chi connectivity index (χ2v) is 7.28. The second kappa shape index (κ2) is 9.51. The molecular weight excluding hydrogens is 324 g/mol. The van der Waals surface area contributed by atoms with E-state index >= 15 is 0 Å². The largest absolute Gasteiger partial charge is 0.479 e. The van der Waals surface area contributed by atoms with Crippen LogP contribution in [0.2, 0.25) is 0 Å². The van der Waals surface area contributed by atoms with Gasteiger partial charge in [0.15, 0.2) is 6.61 Å². The van der Waals surface area contributed by atoms with Crippen LogP contribution in [0.5, 0.6) is 0 Å². The van der Waals surface area contributed by atoms with Crippen LogP contribution < -0.4 is 5.73 Å². The van der Waals surface area contributed by atoms with Crippen molar-refractivity contribution < 1.29 is 29.0 Å². The zero-order valence-corrected chi connectivity index (χ0v) is 14.6. The van der Waals surface area contributed by atoms with Gasteiger partial charge in [-0.05, 0) is 27.7 Å². The number of hydrogen-bond acceptors (Lipinski definition) is 7. The van der Waals surface area contributed by atoms with Gasteiger partial charge in [-0.25, -0.2) is 4.79 Å². The number of thioether (sulfide) groups is 1. The van der Waals surface area contributed by atoms with Gasteiger partial charge in [-0.1, -0.05) is 0 Å². The van der Waals surface area contributed by atoms with Crippen LogP contribution in [0.15, 0.2) is 0 Å². The molecule has 2 amide bonds. The molecule has 1 rings (SSSR count). The second-order valence-electron chi connectivity index (χ2n) is 6.04. The van der Waals surface area contributed by atoms with Crippen molar-refractivity contribution in [1.82, 2.24) is 4.90 Å². The van der Waals surface area contributed by atoms with Gasteiger partial charge >= 0.3 is 5.97 Å². The van der Waals surface area contributed by atoms with Crippen molar-refractivity contribution in [2.24, 2.45) is 5.73 Å². The summed E-state index contributed by atoms with van der Waals surface area (Å²) in [5.41, 5.74) is 5.22. The smallest absolute Gasteiger partial charge is 0.341 e. The van der Waals surface area contributed by atoms with Crippen LogP contribution >= 0.6 is 11.8 Å². The molecule has 0 aliphatic carbocycles. The van der Waals surface area contributed by atoms with E-state index in [1.165, 1.54) is 16.7 Å². The summed E-state index contributed by atoms with van der Waals surface area (Å²) in [5.74, 6) is -0.572. The molecule has 0 aromatic heterocycles. The molecule has 1 heterocycles. The minimum absolute atomic E-state index is 0.0524. The van der Waals surface area contributed by atoms with Crippen LogP contribution in [0, 0.1) is 0 Å². The average molecular weight is 348 g/mol. The maximum Gasteiger partial charge on any atom is 0.341 e. The highest BCUT2D eigenvalue weighted by Crippen LogP contribution is 2.30. The number of amides is 2. The molecule has 132 valence electrons. The number of hydrogen-bond donors (Lipinski definition) is 2. The van der Waals surface area contributed by atoms with Gasteiger partial charge in [0, 0.05) is 23.8 Å². The first-order valence-electron chi connectivity index (χ1n) is 7.01. The third-order valence-electron chi connectivity index (χ3n) is 2.61. The monoisotopic (exact) mass is 348 g/mol. The number of carboxylic acids is 1. The Morgan fingerprint density at radius 1 is 1.52 bits per heavy atom. The SMILES string of the molecule is CC(N)CSC1CC(=O)N(C(C)(C)C)C1=O.O=COCC(=O)O. The van der Waals surface area contributed by atoms with Crippen molar-refractivity contribution in [2.45, 2.75) is 50.9 Å². The number of nitrogens with two attached hydrogens (primary N) is 1. The van der Waals surface area contributed by atoms with E-state index in [1.54, 1.807) is 0 Å². The van der Waals surface area contributed by atoms with E-state index in [4.69, 9.17) is 10.8 Å². The molecule has 0 aromatic rings. The van der Waals surface area contributed by atoms with Gasteiger partial charge < -0.3 is 15.6 Å². The molecule has 23 heavy (non-hydrogen) atoms. The quantitative estimate of drug-likeness (QED) is 0.516. The Labute approximate surface area is 139 Å². The van der Waals surface area contributed by atoms with Crippen molar-refractivity contribution in [3.05, 3.63) is 0 Å². The Balaban J connectivity index is 0.000000585. The molecule has 1 aliphatic heterocycles. The van der Waals surface area contributed by atoms with Gasteiger partial charge in [0.25, 0.3) is 6.47 Å². The van der Waals surface area contributed by atoms with E-state index in [-0.39, 0.29) is 29.6 Å². The number of nitrogens with zero attached hydrogens (tertiary/aromatic N) is 1. The minimum Gasteiger partial charge on any atom is -0.479 e. The molecule has 3 N–H and O–H groups in total. The zero-order chi connectivity index (χ0) is 18.2. The first-order valence-corrected chi connectivity index (χ1v) is 8.06. The molecule has 2 atom stereocenters. The van der Waals surface area contributed by atoms with Crippen LogP contribution in [0.25, 0.3) is 0 Å². The lowest BCUT2D eigenvalue weighted by atomic mass is 10.1. The number of carbonyl (C=O) groups excluding carboxylic acids is 3. The van der Waals surface area contributed by atoms with Crippen molar-refractivity contribution in [2.75, 3.05) is 12.4 Å². The van der Waals surface area contributed by atoms with Gasteiger partial charge in [0.05, 0.1) is 5.25 Å². The van der Waals surface area contributed by atoms with Gasteiger partial charge in [-0.3, -0.25) is 19.3 Å². The lowest BCUT2D eigenvalue weighted by molar-refractivity contribution is -0.147. The lowest BCUT2D eigenvalue weighted by Crippen LogP contribution is -2.46. The summed E-state index contributed by atoms with van der Waals surface area (Å²) < 4.78 is 3.81. The summed E-state index contributed by atoms with van der Waals surface area (Å²) >= 11 is 1.49. The predicted octanol–water partition coefficient (Wildman–Crippen LogP) is 0.237. The molecule has 1 aliphatic rings. The molecule has 0 bridgehead atoms. The summed E-state index contributed by atoms with van der Waals surface area (Å²) in [6.07, 6.45) is 0.313. The molecule has 9 heteroatoms. The Bertz CT molecular complexity index is 447. The highest BCUT2D eigenvalue weighted by molar-refractivity contribution is 8.00. The Hall–Kier alpha value is -1.61. The third-order valence-corrected chi connectivity index (χ3v) is 4.10. The standard InChI is InChI=1S/C11H20N2O2S.C3H4O4/c1-7(12)6-16-8-5-9(14)13(10(8)15)11(2,3)4;4-2-7-1-3(5)6/h7-8H,5-6,12H2,1-4H3;2H,1H2,(H,5,6). The molecular formula is C14H24N2O6S. The first kappa shape index (κ1) is 21.4. The summed E-state index contributed by atoms with van der Waals surface area (Å²) in [6.45, 7) is 7.07. The van der Waals surface area contributed by atoms with Crippen molar-refractivity contribution in [3.8, 4) is 0 Å². The number of rotatable bonds is 6. The average Bonchev–Trinajstić information content (AvgIpc) is 2.68. The van der Waals surface area contributed by atoms with E-state index in [0.717, 1.165) is 0 Å². The number of ether oxygens (including phenoxy) is 1. The number of likely N-dealkylation sites (tertiary alicyclic amines) is 1. The summed E-state index contributed by atoms with van der Waals surface area (Å²) in [5, 5.41) is 7.52. The van der Waals surface area contributed by atoms with E-state index in [0.29, 0.717) is 12.2 Å².